The summed E-state index contributed by atoms with van der Waals surface area (Å²) in [5.74, 6) is -0.479. The number of carbonyl (C=O) groups excluding carboxylic acids is 1. The summed E-state index contributed by atoms with van der Waals surface area (Å²) in [4.78, 5) is 11.8. The van der Waals surface area contributed by atoms with Gasteiger partial charge in [-0.15, -0.1) is 0 Å². The second-order valence-corrected chi connectivity index (χ2v) is 4.45. The summed E-state index contributed by atoms with van der Waals surface area (Å²) in [5.41, 5.74) is -0.322. The topological polar surface area (TPSA) is 34.0 Å². The van der Waals surface area contributed by atoms with Gasteiger partial charge in [-0.3, -0.25) is 4.79 Å². The third-order valence-electron chi connectivity index (χ3n) is 2.76. The van der Waals surface area contributed by atoms with Crippen LogP contribution in [-0.4, -0.2) is 10.5 Å². The Bertz CT molecular complexity index is 617. The van der Waals surface area contributed by atoms with Gasteiger partial charge in [0.05, 0.1) is 17.7 Å². The van der Waals surface area contributed by atoms with Crippen LogP contribution in [0.2, 0.25) is 0 Å². The van der Waals surface area contributed by atoms with Crippen LogP contribution in [0, 0.1) is 0 Å². The van der Waals surface area contributed by atoms with Crippen LogP contribution in [-0.2, 0) is 24.4 Å². The molecule has 0 saturated carbocycles. The van der Waals surface area contributed by atoms with Crippen molar-refractivity contribution in [1.29, 1.82) is 0 Å². The first-order chi connectivity index (χ1) is 9.36. The molecular formula is C14H13F3N2O. The lowest BCUT2D eigenvalue weighted by Gasteiger charge is -2.13. The smallest absolute Gasteiger partial charge is 0.357 e. The van der Waals surface area contributed by atoms with E-state index in [1.54, 1.807) is 30.1 Å². The fraction of sp³-hybridized carbons (Fsp3) is 0.214. The highest BCUT2D eigenvalue weighted by atomic mass is 19.4. The number of nitrogens with zero attached hydrogens (tertiary/aromatic N) is 1. The summed E-state index contributed by atoms with van der Waals surface area (Å²) in [6, 6.07) is 6.67. The average Bonchev–Trinajstić information content (AvgIpc) is 2.73. The second kappa shape index (κ2) is 5.40. The number of rotatable bonds is 3. The minimum atomic E-state index is -4.49. The Morgan fingerprint density at radius 3 is 2.55 bits per heavy atom. The van der Waals surface area contributed by atoms with Crippen molar-refractivity contribution in [2.24, 2.45) is 7.05 Å². The summed E-state index contributed by atoms with van der Waals surface area (Å²) in [5, 5.41) is 2.31. The molecule has 1 N–H and O–H groups in total. The van der Waals surface area contributed by atoms with Gasteiger partial charge >= 0.3 is 6.18 Å². The number of alkyl halides is 3. The molecule has 0 atom stereocenters. The number of aromatic nitrogens is 1. The molecule has 0 aliphatic carbocycles. The maximum absolute atomic E-state index is 12.8. The van der Waals surface area contributed by atoms with Gasteiger partial charge in [0.15, 0.2) is 0 Å². The maximum Gasteiger partial charge on any atom is 0.418 e. The van der Waals surface area contributed by atoms with Crippen LogP contribution in [0.5, 0.6) is 0 Å². The number of amides is 1. The molecule has 6 heteroatoms. The van der Waals surface area contributed by atoms with Crippen molar-refractivity contribution < 1.29 is 18.0 Å². The molecule has 2 rings (SSSR count). The monoisotopic (exact) mass is 282 g/mol. The highest BCUT2D eigenvalue weighted by Crippen LogP contribution is 2.34. The predicted octanol–water partition coefficient (Wildman–Crippen LogP) is 3.23. The van der Waals surface area contributed by atoms with Gasteiger partial charge in [-0.1, -0.05) is 12.1 Å². The summed E-state index contributed by atoms with van der Waals surface area (Å²) in [7, 11) is 1.81. The van der Waals surface area contributed by atoms with Gasteiger partial charge in [-0.25, -0.2) is 0 Å². The van der Waals surface area contributed by atoms with Crippen molar-refractivity contribution >= 4 is 11.6 Å². The lowest BCUT2D eigenvalue weighted by molar-refractivity contribution is -0.137. The van der Waals surface area contributed by atoms with Gasteiger partial charge in [0.25, 0.3) is 0 Å². The van der Waals surface area contributed by atoms with Crippen LogP contribution in [0.15, 0.2) is 42.7 Å². The Labute approximate surface area is 114 Å². The first-order valence-corrected chi connectivity index (χ1v) is 5.93. The Balaban J connectivity index is 2.12. The fourth-order valence-electron chi connectivity index (χ4n) is 1.88. The molecule has 1 amide bonds. The van der Waals surface area contributed by atoms with Crippen molar-refractivity contribution in [2.75, 3.05) is 5.32 Å². The zero-order valence-electron chi connectivity index (χ0n) is 10.7. The van der Waals surface area contributed by atoms with Crippen LogP contribution in [0.4, 0.5) is 18.9 Å². The number of para-hydroxylation sites is 1. The van der Waals surface area contributed by atoms with Gasteiger partial charge in [0.2, 0.25) is 5.91 Å². The van der Waals surface area contributed by atoms with E-state index in [-0.39, 0.29) is 12.1 Å². The molecule has 0 bridgehead atoms. The Morgan fingerprint density at radius 2 is 1.95 bits per heavy atom. The number of anilines is 1. The van der Waals surface area contributed by atoms with Gasteiger partial charge in [0, 0.05) is 19.4 Å². The zero-order valence-corrected chi connectivity index (χ0v) is 10.7. The van der Waals surface area contributed by atoms with E-state index in [2.05, 4.69) is 5.32 Å². The maximum atomic E-state index is 12.8. The summed E-state index contributed by atoms with van der Waals surface area (Å²) >= 11 is 0. The van der Waals surface area contributed by atoms with Crippen molar-refractivity contribution in [3.63, 3.8) is 0 Å². The number of carbonyl (C=O) groups is 1. The molecule has 0 fully saturated rings. The molecule has 0 saturated heterocycles. The Hall–Kier alpha value is -2.24. The SMILES string of the molecule is Cn1ccc(CC(=O)Nc2ccccc2C(F)(F)F)c1. The van der Waals surface area contributed by atoms with Crippen LogP contribution in [0.1, 0.15) is 11.1 Å². The lowest BCUT2D eigenvalue weighted by Crippen LogP contribution is -2.18. The van der Waals surface area contributed by atoms with Gasteiger partial charge in [-0.2, -0.15) is 13.2 Å². The molecule has 0 spiro atoms. The van der Waals surface area contributed by atoms with E-state index in [9.17, 15) is 18.0 Å². The molecule has 20 heavy (non-hydrogen) atoms. The minimum Gasteiger partial charge on any atom is -0.357 e. The van der Waals surface area contributed by atoms with E-state index in [0.717, 1.165) is 11.6 Å². The number of hydrogen-bond donors (Lipinski definition) is 1. The Morgan fingerprint density at radius 1 is 1.25 bits per heavy atom. The zero-order chi connectivity index (χ0) is 14.8. The molecular weight excluding hydrogens is 269 g/mol. The highest BCUT2D eigenvalue weighted by Gasteiger charge is 2.33. The van der Waals surface area contributed by atoms with Crippen molar-refractivity contribution in [3.05, 3.63) is 53.9 Å². The first kappa shape index (κ1) is 14.2. The molecule has 2 aromatic rings. The molecule has 1 aromatic carbocycles. The molecule has 0 aliphatic rings. The van der Waals surface area contributed by atoms with E-state index in [1.807, 2.05) is 0 Å². The predicted molar refractivity (Wildman–Crippen MR) is 69.2 cm³/mol. The molecule has 3 nitrogen and oxygen atoms in total. The Kier molecular flexibility index (Phi) is 3.83. The molecule has 1 aromatic heterocycles. The standard InChI is InChI=1S/C14H13F3N2O/c1-19-7-6-10(9-19)8-13(20)18-12-5-3-2-4-11(12)14(15,16)17/h2-7,9H,8H2,1H3,(H,18,20). The third-order valence-corrected chi connectivity index (χ3v) is 2.76. The molecule has 0 aliphatic heterocycles. The van der Waals surface area contributed by atoms with Gasteiger partial charge < -0.3 is 9.88 Å². The fourth-order valence-corrected chi connectivity index (χ4v) is 1.88. The van der Waals surface area contributed by atoms with Gasteiger partial charge in [0.1, 0.15) is 0 Å². The molecule has 106 valence electrons. The number of hydrogen-bond acceptors (Lipinski definition) is 1. The number of nitrogens with one attached hydrogen (secondary N) is 1. The average molecular weight is 282 g/mol. The third kappa shape index (κ3) is 3.40. The molecule has 0 radical (unpaired) electrons. The summed E-state index contributed by atoms with van der Waals surface area (Å²) in [6.07, 6.45) is -0.939. The van der Waals surface area contributed by atoms with Gasteiger partial charge in [-0.05, 0) is 23.8 Å². The molecule has 1 heterocycles. The van der Waals surface area contributed by atoms with Crippen molar-refractivity contribution in [1.82, 2.24) is 4.57 Å². The van der Waals surface area contributed by atoms with Crippen LogP contribution >= 0.6 is 0 Å². The highest BCUT2D eigenvalue weighted by molar-refractivity contribution is 5.93. The lowest BCUT2D eigenvalue weighted by atomic mass is 10.1. The van der Waals surface area contributed by atoms with Crippen molar-refractivity contribution in [3.8, 4) is 0 Å². The number of aryl methyl sites for hydroxylation is 1. The van der Waals surface area contributed by atoms with E-state index in [4.69, 9.17) is 0 Å². The largest absolute Gasteiger partial charge is 0.418 e. The summed E-state index contributed by atoms with van der Waals surface area (Å²) < 4.78 is 40.1. The van der Waals surface area contributed by atoms with Crippen LogP contribution < -0.4 is 5.32 Å². The van der Waals surface area contributed by atoms with E-state index in [1.165, 1.54) is 18.2 Å². The quantitative estimate of drug-likeness (QED) is 0.921. The van der Waals surface area contributed by atoms with E-state index >= 15 is 0 Å². The van der Waals surface area contributed by atoms with Crippen LogP contribution in [0.3, 0.4) is 0 Å². The first-order valence-electron chi connectivity index (χ1n) is 5.93. The normalized spacial score (nSPS) is 11.4. The number of halogens is 3. The van der Waals surface area contributed by atoms with Crippen molar-refractivity contribution in [2.45, 2.75) is 12.6 Å². The van der Waals surface area contributed by atoms with E-state index < -0.39 is 17.6 Å². The number of benzene rings is 1. The van der Waals surface area contributed by atoms with E-state index in [0.29, 0.717) is 0 Å². The van der Waals surface area contributed by atoms with Crippen LogP contribution in [0.25, 0.3) is 0 Å². The second-order valence-electron chi connectivity index (χ2n) is 4.45. The summed E-state index contributed by atoms with van der Waals surface area (Å²) in [6.45, 7) is 0. The molecule has 0 unspecified atom stereocenters. The minimum absolute atomic E-state index is 0.0348.